The quantitative estimate of drug-likeness (QED) is 0.819. The number of carbonyl (C=O) groups excluding carboxylic acids is 1. The number of likely N-dealkylation sites (tertiary alicyclic amines) is 1. The summed E-state index contributed by atoms with van der Waals surface area (Å²) >= 11 is 1.51. The molecule has 1 aliphatic heterocycles. The van der Waals surface area contributed by atoms with Crippen molar-refractivity contribution in [2.75, 3.05) is 13.1 Å². The van der Waals surface area contributed by atoms with Crippen molar-refractivity contribution in [1.29, 1.82) is 0 Å². The number of rotatable bonds is 1. The average molecular weight is 247 g/mol. The second-order valence-electron chi connectivity index (χ2n) is 3.73. The molecule has 2 rings (SSSR count). The monoisotopic (exact) mass is 246 g/mol. The van der Waals surface area contributed by atoms with Gasteiger partial charge in [0.1, 0.15) is 0 Å². The van der Waals surface area contributed by atoms with Crippen LogP contribution in [-0.4, -0.2) is 29.9 Å². The van der Waals surface area contributed by atoms with Crippen molar-refractivity contribution >= 4 is 29.7 Å². The fourth-order valence-corrected chi connectivity index (χ4v) is 2.60. The van der Waals surface area contributed by atoms with E-state index in [2.05, 4.69) is 0 Å². The van der Waals surface area contributed by atoms with Crippen LogP contribution in [0.4, 0.5) is 0 Å². The van der Waals surface area contributed by atoms with Gasteiger partial charge in [-0.15, -0.1) is 23.7 Å². The van der Waals surface area contributed by atoms with Crippen LogP contribution in [0, 0.1) is 6.92 Å². The topological polar surface area (TPSA) is 46.3 Å². The molecule has 0 saturated carbocycles. The van der Waals surface area contributed by atoms with Crippen molar-refractivity contribution in [2.24, 2.45) is 5.73 Å². The van der Waals surface area contributed by atoms with E-state index in [0.29, 0.717) is 6.54 Å². The van der Waals surface area contributed by atoms with Crippen LogP contribution in [0.25, 0.3) is 0 Å². The number of amides is 1. The fourth-order valence-electron chi connectivity index (χ4n) is 1.71. The van der Waals surface area contributed by atoms with Crippen LogP contribution in [0.2, 0.25) is 0 Å². The first kappa shape index (κ1) is 12.5. The lowest BCUT2D eigenvalue weighted by molar-refractivity contribution is 0.0795. The van der Waals surface area contributed by atoms with E-state index in [1.54, 1.807) is 0 Å². The lowest BCUT2D eigenvalue weighted by Gasteiger charge is -2.14. The van der Waals surface area contributed by atoms with Gasteiger partial charge in [0.15, 0.2) is 0 Å². The molecule has 1 aromatic rings. The van der Waals surface area contributed by atoms with Gasteiger partial charge in [0.05, 0.1) is 4.88 Å². The molecule has 1 atom stereocenters. The zero-order valence-electron chi connectivity index (χ0n) is 8.60. The number of nitrogens with zero attached hydrogens (tertiary/aromatic N) is 1. The van der Waals surface area contributed by atoms with Gasteiger partial charge in [0.25, 0.3) is 5.91 Å². The second kappa shape index (κ2) is 4.96. The van der Waals surface area contributed by atoms with E-state index >= 15 is 0 Å². The maximum atomic E-state index is 12.0. The van der Waals surface area contributed by atoms with Gasteiger partial charge in [0, 0.05) is 19.1 Å². The molecule has 0 bridgehead atoms. The summed E-state index contributed by atoms with van der Waals surface area (Å²) < 4.78 is 0. The summed E-state index contributed by atoms with van der Waals surface area (Å²) in [6, 6.07) is 2.15. The summed E-state index contributed by atoms with van der Waals surface area (Å²) in [5.41, 5.74) is 6.83. The van der Waals surface area contributed by atoms with Gasteiger partial charge in [0.2, 0.25) is 0 Å². The molecule has 0 aliphatic carbocycles. The minimum atomic E-state index is 0. The molecule has 2 N–H and O–H groups in total. The lowest BCUT2D eigenvalue weighted by Crippen LogP contribution is -2.31. The molecular weight excluding hydrogens is 232 g/mol. The third-order valence-electron chi connectivity index (χ3n) is 2.57. The number of hydrogen-bond donors (Lipinski definition) is 1. The summed E-state index contributed by atoms with van der Waals surface area (Å²) in [6.45, 7) is 3.48. The summed E-state index contributed by atoms with van der Waals surface area (Å²) in [5.74, 6) is 0.144. The van der Waals surface area contributed by atoms with E-state index < -0.39 is 0 Å². The van der Waals surface area contributed by atoms with Gasteiger partial charge in [-0.05, 0) is 30.4 Å². The number of carbonyl (C=O) groups is 1. The predicted octanol–water partition coefficient (Wildman–Crippen LogP) is 1.65. The van der Waals surface area contributed by atoms with Crippen LogP contribution in [0.15, 0.2) is 11.4 Å². The Morgan fingerprint density at radius 1 is 1.67 bits per heavy atom. The Morgan fingerprint density at radius 3 is 2.87 bits per heavy atom. The van der Waals surface area contributed by atoms with Crippen LogP contribution < -0.4 is 5.73 Å². The second-order valence-corrected chi connectivity index (χ2v) is 4.65. The Hall–Kier alpha value is -0.580. The first-order valence-electron chi connectivity index (χ1n) is 4.77. The molecule has 84 valence electrons. The number of hydrogen-bond acceptors (Lipinski definition) is 3. The Morgan fingerprint density at radius 2 is 2.40 bits per heavy atom. The molecule has 15 heavy (non-hydrogen) atoms. The first-order chi connectivity index (χ1) is 6.68. The normalized spacial score (nSPS) is 20.1. The van der Waals surface area contributed by atoms with Crippen LogP contribution in [-0.2, 0) is 0 Å². The standard InChI is InChI=1S/C10H14N2OS.ClH/c1-7-3-5-14-9(7)10(13)12-4-2-8(11)6-12;/h3,5,8H,2,4,6,11H2,1H3;1H/t8-;/m1./s1. The zero-order chi connectivity index (χ0) is 10.1. The van der Waals surface area contributed by atoms with Crippen molar-refractivity contribution in [3.8, 4) is 0 Å². The number of aryl methyl sites for hydroxylation is 1. The Labute approximate surface area is 99.7 Å². The third-order valence-corrected chi connectivity index (χ3v) is 3.57. The zero-order valence-corrected chi connectivity index (χ0v) is 10.2. The Balaban J connectivity index is 0.00000112. The highest BCUT2D eigenvalue weighted by atomic mass is 35.5. The van der Waals surface area contributed by atoms with E-state index in [4.69, 9.17) is 5.73 Å². The summed E-state index contributed by atoms with van der Waals surface area (Å²) in [5, 5.41) is 1.96. The summed E-state index contributed by atoms with van der Waals surface area (Å²) in [6.07, 6.45) is 0.927. The summed E-state index contributed by atoms with van der Waals surface area (Å²) in [7, 11) is 0. The first-order valence-corrected chi connectivity index (χ1v) is 5.65. The third kappa shape index (κ3) is 2.51. The van der Waals surface area contributed by atoms with Gasteiger partial charge < -0.3 is 10.6 Å². The number of halogens is 1. The van der Waals surface area contributed by atoms with Crippen LogP contribution in [0.1, 0.15) is 21.7 Å². The minimum absolute atomic E-state index is 0. The molecule has 1 aliphatic rings. The van der Waals surface area contributed by atoms with E-state index in [0.717, 1.165) is 23.4 Å². The van der Waals surface area contributed by atoms with Crippen LogP contribution in [0.5, 0.6) is 0 Å². The highest BCUT2D eigenvalue weighted by Crippen LogP contribution is 2.20. The maximum Gasteiger partial charge on any atom is 0.264 e. The molecule has 1 fully saturated rings. The van der Waals surface area contributed by atoms with Gasteiger partial charge in [-0.2, -0.15) is 0 Å². The molecule has 2 heterocycles. The van der Waals surface area contributed by atoms with Crippen molar-refractivity contribution in [3.05, 3.63) is 21.9 Å². The molecule has 1 saturated heterocycles. The summed E-state index contributed by atoms with van der Waals surface area (Å²) in [4.78, 5) is 14.7. The smallest absolute Gasteiger partial charge is 0.264 e. The van der Waals surface area contributed by atoms with Crippen LogP contribution in [0.3, 0.4) is 0 Å². The minimum Gasteiger partial charge on any atom is -0.336 e. The highest BCUT2D eigenvalue weighted by Gasteiger charge is 2.25. The average Bonchev–Trinajstić information content (AvgIpc) is 2.73. The van der Waals surface area contributed by atoms with Gasteiger partial charge >= 0.3 is 0 Å². The molecule has 0 aromatic carbocycles. The van der Waals surface area contributed by atoms with Crippen molar-refractivity contribution in [3.63, 3.8) is 0 Å². The lowest BCUT2D eigenvalue weighted by atomic mass is 10.3. The number of nitrogens with two attached hydrogens (primary N) is 1. The van der Waals surface area contributed by atoms with Gasteiger partial charge in [-0.1, -0.05) is 0 Å². The molecular formula is C10H15ClN2OS. The Bertz CT molecular complexity index is 353. The van der Waals surface area contributed by atoms with Gasteiger partial charge in [-0.3, -0.25) is 4.79 Å². The van der Waals surface area contributed by atoms with E-state index in [1.807, 2.05) is 23.3 Å². The van der Waals surface area contributed by atoms with E-state index in [9.17, 15) is 4.79 Å². The van der Waals surface area contributed by atoms with E-state index in [-0.39, 0.29) is 24.4 Å². The number of thiophene rings is 1. The SMILES string of the molecule is Cc1ccsc1C(=O)N1CC[C@@H](N)C1.Cl. The maximum absolute atomic E-state index is 12.0. The Kier molecular flexibility index (Phi) is 4.13. The molecule has 1 aromatic heterocycles. The largest absolute Gasteiger partial charge is 0.336 e. The van der Waals surface area contributed by atoms with Crippen molar-refractivity contribution < 1.29 is 4.79 Å². The van der Waals surface area contributed by atoms with Gasteiger partial charge in [-0.25, -0.2) is 0 Å². The molecule has 1 amide bonds. The van der Waals surface area contributed by atoms with Crippen molar-refractivity contribution in [1.82, 2.24) is 4.90 Å². The fraction of sp³-hybridized carbons (Fsp3) is 0.500. The highest BCUT2D eigenvalue weighted by molar-refractivity contribution is 7.12. The molecule has 5 heteroatoms. The molecule has 3 nitrogen and oxygen atoms in total. The molecule has 0 unspecified atom stereocenters. The predicted molar refractivity (Wildman–Crippen MR) is 64.8 cm³/mol. The van der Waals surface area contributed by atoms with Crippen LogP contribution >= 0.6 is 23.7 Å². The van der Waals surface area contributed by atoms with E-state index in [1.165, 1.54) is 11.3 Å². The molecule has 0 radical (unpaired) electrons. The molecule has 0 spiro atoms. The van der Waals surface area contributed by atoms with Crippen molar-refractivity contribution in [2.45, 2.75) is 19.4 Å².